The van der Waals surface area contributed by atoms with E-state index >= 15 is 0 Å². The van der Waals surface area contributed by atoms with Crippen LogP contribution >= 0.6 is 0 Å². The lowest BCUT2D eigenvalue weighted by Crippen LogP contribution is -2.30. The van der Waals surface area contributed by atoms with E-state index in [1.165, 1.54) is 12.3 Å². The molecule has 6 heteroatoms. The molecule has 0 bridgehead atoms. The van der Waals surface area contributed by atoms with Gasteiger partial charge in [0.2, 0.25) is 10.0 Å². The van der Waals surface area contributed by atoms with Crippen LogP contribution in [0.2, 0.25) is 0 Å². The minimum absolute atomic E-state index is 0.292. The number of hydrogen-bond acceptors (Lipinski definition) is 3. The molecule has 16 heavy (non-hydrogen) atoms. The van der Waals surface area contributed by atoms with Crippen LogP contribution in [0.4, 0.5) is 4.39 Å². The predicted molar refractivity (Wildman–Crippen MR) is 57.7 cm³/mol. The molecule has 1 aromatic heterocycles. The molecule has 0 saturated heterocycles. The van der Waals surface area contributed by atoms with Gasteiger partial charge in [-0.25, -0.2) is 17.5 Å². The Morgan fingerprint density at radius 1 is 1.56 bits per heavy atom. The Morgan fingerprint density at radius 2 is 2.25 bits per heavy atom. The summed E-state index contributed by atoms with van der Waals surface area (Å²) in [5, 5.41) is -0.292. The van der Waals surface area contributed by atoms with E-state index in [4.69, 9.17) is 0 Å². The van der Waals surface area contributed by atoms with Gasteiger partial charge < -0.3 is 0 Å². The molecule has 1 N–H and O–H groups in total. The first-order chi connectivity index (χ1) is 7.50. The van der Waals surface area contributed by atoms with Crippen LogP contribution in [-0.2, 0) is 10.0 Å². The molecule has 1 saturated carbocycles. The summed E-state index contributed by atoms with van der Waals surface area (Å²) >= 11 is 0. The first-order valence-electron chi connectivity index (χ1n) is 5.11. The summed E-state index contributed by atoms with van der Waals surface area (Å²) in [5.41, 5.74) is 0.319. The van der Waals surface area contributed by atoms with Crippen LogP contribution in [0, 0.1) is 5.82 Å². The summed E-state index contributed by atoms with van der Waals surface area (Å²) in [6.45, 7) is 1.62. The van der Waals surface area contributed by atoms with Crippen LogP contribution in [-0.4, -0.2) is 18.7 Å². The van der Waals surface area contributed by atoms with Gasteiger partial charge in [-0.3, -0.25) is 4.98 Å². The first-order valence-corrected chi connectivity index (χ1v) is 6.66. The van der Waals surface area contributed by atoms with E-state index in [-0.39, 0.29) is 5.25 Å². The molecule has 0 unspecified atom stereocenters. The Labute approximate surface area is 93.9 Å². The van der Waals surface area contributed by atoms with Crippen molar-refractivity contribution in [2.75, 3.05) is 0 Å². The molecule has 1 aliphatic carbocycles. The maximum Gasteiger partial charge on any atom is 0.215 e. The average molecular weight is 244 g/mol. The van der Waals surface area contributed by atoms with Gasteiger partial charge in [0.05, 0.1) is 11.4 Å². The minimum Gasteiger partial charge on any atom is -0.262 e. The zero-order valence-electron chi connectivity index (χ0n) is 8.85. The third-order valence-electron chi connectivity index (χ3n) is 2.57. The van der Waals surface area contributed by atoms with Crippen LogP contribution in [0.3, 0.4) is 0 Å². The fourth-order valence-corrected chi connectivity index (χ4v) is 3.09. The van der Waals surface area contributed by atoms with Crippen LogP contribution in [0.1, 0.15) is 31.4 Å². The number of sulfonamides is 1. The largest absolute Gasteiger partial charge is 0.262 e. The number of aromatic nitrogens is 1. The number of rotatable bonds is 4. The molecule has 0 amide bonds. The number of pyridine rings is 1. The van der Waals surface area contributed by atoms with Gasteiger partial charge in [-0.2, -0.15) is 0 Å². The highest BCUT2D eigenvalue weighted by Crippen LogP contribution is 2.29. The molecule has 88 valence electrons. The molecule has 1 aromatic rings. The van der Waals surface area contributed by atoms with Gasteiger partial charge in [0.15, 0.2) is 0 Å². The molecule has 0 aromatic carbocycles. The van der Waals surface area contributed by atoms with Crippen LogP contribution < -0.4 is 4.72 Å². The Hall–Kier alpha value is -1.01. The van der Waals surface area contributed by atoms with Crippen molar-refractivity contribution in [1.29, 1.82) is 0 Å². The van der Waals surface area contributed by atoms with Crippen molar-refractivity contribution in [2.45, 2.75) is 31.1 Å². The van der Waals surface area contributed by atoms with Gasteiger partial charge in [-0.15, -0.1) is 0 Å². The normalized spacial score (nSPS) is 18.4. The minimum atomic E-state index is -3.29. The van der Waals surface area contributed by atoms with Gasteiger partial charge in [0.1, 0.15) is 5.82 Å². The third kappa shape index (κ3) is 2.38. The van der Waals surface area contributed by atoms with Crippen molar-refractivity contribution in [3.63, 3.8) is 0 Å². The van der Waals surface area contributed by atoms with Crippen molar-refractivity contribution in [3.8, 4) is 0 Å². The summed E-state index contributed by atoms with van der Waals surface area (Å²) in [6, 6.07) is 0.920. The molecule has 1 atom stereocenters. The molecular weight excluding hydrogens is 231 g/mol. The quantitative estimate of drug-likeness (QED) is 0.870. The van der Waals surface area contributed by atoms with Crippen molar-refractivity contribution < 1.29 is 12.8 Å². The number of halogens is 1. The van der Waals surface area contributed by atoms with Gasteiger partial charge in [0.25, 0.3) is 0 Å². The monoisotopic (exact) mass is 244 g/mol. The lowest BCUT2D eigenvalue weighted by Gasteiger charge is -2.14. The van der Waals surface area contributed by atoms with E-state index in [1.807, 2.05) is 0 Å². The standard InChI is InChI=1S/C10H13FN2O2S/c1-7(9-4-5-12-6-10(9)11)13-16(14,15)8-2-3-8/h4-8,13H,2-3H2,1H3/t7-/m0/s1. The van der Waals surface area contributed by atoms with Crippen molar-refractivity contribution in [3.05, 3.63) is 29.8 Å². The molecule has 0 radical (unpaired) electrons. The molecular formula is C10H13FN2O2S. The topological polar surface area (TPSA) is 59.1 Å². The first kappa shape index (κ1) is 11.5. The van der Waals surface area contributed by atoms with Gasteiger partial charge in [0, 0.05) is 17.8 Å². The van der Waals surface area contributed by atoms with E-state index in [9.17, 15) is 12.8 Å². The van der Waals surface area contributed by atoms with Gasteiger partial charge >= 0.3 is 0 Å². The lowest BCUT2D eigenvalue weighted by atomic mass is 10.1. The zero-order valence-corrected chi connectivity index (χ0v) is 9.67. The Kier molecular flexibility index (Phi) is 2.94. The highest BCUT2D eigenvalue weighted by molar-refractivity contribution is 7.90. The van der Waals surface area contributed by atoms with Gasteiger partial charge in [-0.05, 0) is 25.8 Å². The molecule has 0 aliphatic heterocycles. The zero-order chi connectivity index (χ0) is 11.8. The fraction of sp³-hybridized carbons (Fsp3) is 0.500. The van der Waals surface area contributed by atoms with E-state index in [0.717, 1.165) is 6.20 Å². The van der Waals surface area contributed by atoms with Crippen LogP contribution in [0.25, 0.3) is 0 Å². The third-order valence-corrected chi connectivity index (χ3v) is 4.61. The molecule has 2 rings (SSSR count). The van der Waals surface area contributed by atoms with Crippen molar-refractivity contribution >= 4 is 10.0 Å². The second kappa shape index (κ2) is 4.10. The summed E-state index contributed by atoms with van der Waals surface area (Å²) < 4.78 is 39.1. The van der Waals surface area contributed by atoms with E-state index in [1.54, 1.807) is 6.92 Å². The maximum atomic E-state index is 13.3. The molecule has 1 fully saturated rings. The molecule has 1 heterocycles. The highest BCUT2D eigenvalue weighted by atomic mass is 32.2. The van der Waals surface area contributed by atoms with E-state index in [0.29, 0.717) is 18.4 Å². The maximum absolute atomic E-state index is 13.3. The fourth-order valence-electron chi connectivity index (χ4n) is 1.52. The molecule has 0 spiro atoms. The second-order valence-electron chi connectivity index (χ2n) is 3.98. The van der Waals surface area contributed by atoms with Crippen LogP contribution in [0.5, 0.6) is 0 Å². The SMILES string of the molecule is C[C@H](NS(=O)(=O)C1CC1)c1ccncc1F. The van der Waals surface area contributed by atoms with Crippen LogP contribution in [0.15, 0.2) is 18.5 Å². The Bertz CT molecular complexity index is 485. The predicted octanol–water partition coefficient (Wildman–Crippen LogP) is 1.36. The summed E-state index contributed by atoms with van der Waals surface area (Å²) in [5.74, 6) is -0.492. The van der Waals surface area contributed by atoms with E-state index in [2.05, 4.69) is 9.71 Å². The second-order valence-corrected chi connectivity index (χ2v) is 5.97. The van der Waals surface area contributed by atoms with E-state index < -0.39 is 21.9 Å². The molecule has 4 nitrogen and oxygen atoms in total. The number of nitrogens with zero attached hydrogens (tertiary/aromatic N) is 1. The number of hydrogen-bond donors (Lipinski definition) is 1. The summed E-state index contributed by atoms with van der Waals surface area (Å²) in [7, 11) is -3.29. The number of nitrogens with one attached hydrogen (secondary N) is 1. The van der Waals surface area contributed by atoms with Crippen molar-refractivity contribution in [2.24, 2.45) is 0 Å². The Balaban J connectivity index is 2.14. The Morgan fingerprint density at radius 3 is 2.81 bits per heavy atom. The lowest BCUT2D eigenvalue weighted by molar-refractivity contribution is 0.547. The van der Waals surface area contributed by atoms with Gasteiger partial charge in [-0.1, -0.05) is 0 Å². The average Bonchev–Trinajstić information content (AvgIpc) is 3.00. The smallest absolute Gasteiger partial charge is 0.215 e. The molecule has 1 aliphatic rings. The highest BCUT2D eigenvalue weighted by Gasteiger charge is 2.36. The summed E-state index contributed by atoms with van der Waals surface area (Å²) in [4.78, 5) is 3.62. The van der Waals surface area contributed by atoms with Crippen molar-refractivity contribution in [1.82, 2.24) is 9.71 Å². The summed E-state index contributed by atoms with van der Waals surface area (Å²) in [6.07, 6.45) is 3.92.